The Labute approximate surface area is 151 Å². The Balaban J connectivity index is 3.00. The molecule has 0 atom stereocenters. The molecule has 0 aliphatic carbocycles. The third-order valence-corrected chi connectivity index (χ3v) is 4.39. The quantitative estimate of drug-likeness (QED) is 0.431. The van der Waals surface area contributed by atoms with Gasteiger partial charge in [-0.05, 0) is 35.4 Å². The summed E-state index contributed by atoms with van der Waals surface area (Å²) in [6, 6.07) is 3.47. The highest BCUT2D eigenvalue weighted by Gasteiger charge is 2.25. The van der Waals surface area contributed by atoms with Gasteiger partial charge in [-0.15, -0.1) is 0 Å². The van der Waals surface area contributed by atoms with Crippen molar-refractivity contribution >= 4 is 11.9 Å². The van der Waals surface area contributed by atoms with E-state index in [1.165, 1.54) is 12.8 Å². The lowest BCUT2D eigenvalue weighted by Gasteiger charge is -2.20. The van der Waals surface area contributed by atoms with Crippen molar-refractivity contribution in [3.8, 4) is 0 Å². The largest absolute Gasteiger partial charge is 0.478 e. The summed E-state index contributed by atoms with van der Waals surface area (Å²) in [5.74, 6) is -1.40. The molecule has 0 aliphatic heterocycles. The first kappa shape index (κ1) is 21.2. The van der Waals surface area contributed by atoms with Gasteiger partial charge in [0.1, 0.15) is 0 Å². The van der Waals surface area contributed by atoms with Crippen molar-refractivity contribution in [3.05, 3.63) is 34.4 Å². The maximum atomic E-state index is 12.5. The van der Waals surface area contributed by atoms with Crippen LogP contribution >= 0.6 is 0 Å². The molecule has 0 radical (unpaired) electrons. The summed E-state index contributed by atoms with van der Waals surface area (Å²) in [6.45, 7) is 10.3. The summed E-state index contributed by atoms with van der Waals surface area (Å²) < 4.78 is 5.40. The first-order valence-corrected chi connectivity index (χ1v) is 9.38. The average molecular weight is 348 g/mol. The number of carboxylic acid groups (broad SMARTS) is 1. The van der Waals surface area contributed by atoms with Crippen LogP contribution in [0.25, 0.3) is 0 Å². The standard InChI is InChI=1S/C21H32O4/c1-6-7-8-9-10-13-25-21(24)17-12-11-16(14(2)3)19(20(22)23)18(17)15(4)5/h11-12,14-15H,6-10,13H2,1-5H3,(H,22,23). The fourth-order valence-corrected chi connectivity index (χ4v) is 3.08. The molecule has 1 aromatic rings. The third-order valence-electron chi connectivity index (χ3n) is 4.39. The zero-order chi connectivity index (χ0) is 19.0. The number of hydrogen-bond acceptors (Lipinski definition) is 3. The highest BCUT2D eigenvalue weighted by Crippen LogP contribution is 2.31. The van der Waals surface area contributed by atoms with Gasteiger partial charge in [-0.3, -0.25) is 0 Å². The molecule has 0 amide bonds. The van der Waals surface area contributed by atoms with Crippen LogP contribution in [-0.4, -0.2) is 23.7 Å². The number of carbonyl (C=O) groups excluding carboxylic acids is 1. The monoisotopic (exact) mass is 348 g/mol. The molecular weight excluding hydrogens is 316 g/mol. The minimum absolute atomic E-state index is 0.0723. The second-order valence-electron chi connectivity index (χ2n) is 7.16. The molecule has 0 saturated heterocycles. The molecule has 140 valence electrons. The molecule has 0 aromatic heterocycles. The highest BCUT2D eigenvalue weighted by atomic mass is 16.5. The van der Waals surface area contributed by atoms with E-state index in [2.05, 4.69) is 6.92 Å². The van der Waals surface area contributed by atoms with E-state index in [-0.39, 0.29) is 17.4 Å². The number of carbonyl (C=O) groups is 2. The van der Waals surface area contributed by atoms with E-state index >= 15 is 0 Å². The second-order valence-corrected chi connectivity index (χ2v) is 7.16. The van der Waals surface area contributed by atoms with Crippen molar-refractivity contribution in [2.75, 3.05) is 6.61 Å². The Kier molecular flexibility index (Phi) is 8.67. The second kappa shape index (κ2) is 10.2. The highest BCUT2D eigenvalue weighted by molar-refractivity contribution is 5.99. The molecule has 0 spiro atoms. The number of unbranched alkanes of at least 4 members (excludes halogenated alkanes) is 4. The van der Waals surface area contributed by atoms with Crippen LogP contribution in [-0.2, 0) is 4.74 Å². The maximum absolute atomic E-state index is 12.5. The number of benzene rings is 1. The van der Waals surface area contributed by atoms with Crippen molar-refractivity contribution < 1.29 is 19.4 Å². The van der Waals surface area contributed by atoms with Gasteiger partial charge < -0.3 is 9.84 Å². The van der Waals surface area contributed by atoms with Crippen LogP contribution in [0.2, 0.25) is 0 Å². The van der Waals surface area contributed by atoms with Crippen LogP contribution < -0.4 is 0 Å². The molecule has 1 N–H and O–H groups in total. The Morgan fingerprint density at radius 3 is 2.16 bits per heavy atom. The molecule has 1 aromatic carbocycles. The number of esters is 1. The van der Waals surface area contributed by atoms with Crippen LogP contribution in [0.4, 0.5) is 0 Å². The Hall–Kier alpha value is -1.84. The topological polar surface area (TPSA) is 63.6 Å². The van der Waals surface area contributed by atoms with E-state index in [0.29, 0.717) is 17.7 Å². The minimum atomic E-state index is -0.985. The van der Waals surface area contributed by atoms with E-state index < -0.39 is 11.9 Å². The summed E-state index contributed by atoms with van der Waals surface area (Å²) in [6.07, 6.45) is 5.42. The zero-order valence-electron chi connectivity index (χ0n) is 16.2. The molecule has 0 bridgehead atoms. The number of carboxylic acids is 1. The summed E-state index contributed by atoms with van der Waals surface area (Å²) in [7, 11) is 0. The van der Waals surface area contributed by atoms with Crippen molar-refractivity contribution in [2.24, 2.45) is 0 Å². The van der Waals surface area contributed by atoms with E-state index in [4.69, 9.17) is 4.74 Å². The first-order valence-electron chi connectivity index (χ1n) is 9.38. The average Bonchev–Trinajstić information content (AvgIpc) is 2.55. The van der Waals surface area contributed by atoms with E-state index in [0.717, 1.165) is 24.8 Å². The molecular formula is C21H32O4. The number of hydrogen-bond donors (Lipinski definition) is 1. The lowest BCUT2D eigenvalue weighted by Crippen LogP contribution is -2.17. The lowest BCUT2D eigenvalue weighted by atomic mass is 9.85. The number of aromatic carboxylic acids is 1. The van der Waals surface area contributed by atoms with Gasteiger partial charge in [0.25, 0.3) is 0 Å². The molecule has 4 nitrogen and oxygen atoms in total. The van der Waals surface area contributed by atoms with E-state index in [1.54, 1.807) is 12.1 Å². The molecule has 0 heterocycles. The SMILES string of the molecule is CCCCCCCOC(=O)c1ccc(C(C)C)c(C(=O)O)c1C(C)C. The van der Waals surface area contributed by atoms with Crippen molar-refractivity contribution in [2.45, 2.75) is 78.6 Å². The van der Waals surface area contributed by atoms with Gasteiger partial charge in [0.15, 0.2) is 0 Å². The first-order chi connectivity index (χ1) is 11.8. The Morgan fingerprint density at radius 2 is 1.64 bits per heavy atom. The Bertz CT molecular complexity index is 588. The van der Waals surface area contributed by atoms with Crippen molar-refractivity contribution in [1.29, 1.82) is 0 Å². The van der Waals surface area contributed by atoms with Crippen LogP contribution in [0.5, 0.6) is 0 Å². The number of ether oxygens (including phenoxy) is 1. The summed E-state index contributed by atoms with van der Waals surface area (Å²) in [5.41, 5.74) is 1.97. The van der Waals surface area contributed by atoms with Crippen LogP contribution in [0.3, 0.4) is 0 Å². The lowest BCUT2D eigenvalue weighted by molar-refractivity contribution is 0.0496. The van der Waals surface area contributed by atoms with Crippen molar-refractivity contribution in [3.63, 3.8) is 0 Å². The molecule has 0 unspecified atom stereocenters. The van der Waals surface area contributed by atoms with Gasteiger partial charge in [-0.2, -0.15) is 0 Å². The van der Waals surface area contributed by atoms with Gasteiger partial charge >= 0.3 is 11.9 Å². The van der Waals surface area contributed by atoms with E-state index in [9.17, 15) is 14.7 Å². The van der Waals surface area contributed by atoms with Gasteiger partial charge in [-0.25, -0.2) is 9.59 Å². The zero-order valence-corrected chi connectivity index (χ0v) is 16.2. The predicted octanol–water partition coefficient (Wildman–Crippen LogP) is 5.76. The van der Waals surface area contributed by atoms with Crippen LogP contribution in [0.15, 0.2) is 12.1 Å². The normalized spacial score (nSPS) is 11.2. The molecule has 4 heteroatoms. The summed E-state index contributed by atoms with van der Waals surface area (Å²) >= 11 is 0. The third kappa shape index (κ3) is 5.87. The fraction of sp³-hybridized carbons (Fsp3) is 0.619. The van der Waals surface area contributed by atoms with Gasteiger partial charge in [0, 0.05) is 0 Å². The fourth-order valence-electron chi connectivity index (χ4n) is 3.08. The minimum Gasteiger partial charge on any atom is -0.478 e. The molecule has 25 heavy (non-hydrogen) atoms. The van der Waals surface area contributed by atoms with Crippen molar-refractivity contribution in [1.82, 2.24) is 0 Å². The maximum Gasteiger partial charge on any atom is 0.338 e. The molecule has 0 aliphatic rings. The summed E-state index contributed by atoms with van der Waals surface area (Å²) in [4.78, 5) is 24.3. The smallest absolute Gasteiger partial charge is 0.338 e. The van der Waals surface area contributed by atoms with Crippen LogP contribution in [0, 0.1) is 0 Å². The van der Waals surface area contributed by atoms with E-state index in [1.807, 2.05) is 27.7 Å². The van der Waals surface area contributed by atoms with Gasteiger partial charge in [-0.1, -0.05) is 66.4 Å². The summed E-state index contributed by atoms with van der Waals surface area (Å²) in [5, 5.41) is 9.69. The van der Waals surface area contributed by atoms with Gasteiger partial charge in [0.05, 0.1) is 17.7 Å². The Morgan fingerprint density at radius 1 is 1.00 bits per heavy atom. The number of rotatable bonds is 10. The predicted molar refractivity (Wildman–Crippen MR) is 101 cm³/mol. The molecule has 0 fully saturated rings. The molecule has 0 saturated carbocycles. The van der Waals surface area contributed by atoms with Gasteiger partial charge in [0.2, 0.25) is 0 Å². The van der Waals surface area contributed by atoms with Crippen LogP contribution in [0.1, 0.15) is 110 Å². The molecule has 1 rings (SSSR count).